The summed E-state index contributed by atoms with van der Waals surface area (Å²) in [7, 11) is 0. The molecule has 7 heteroatoms. The molecular formula is C19H26F4N2O. The lowest BCUT2D eigenvalue weighted by atomic mass is 9.97. The number of unbranched alkanes of at least 4 members (excludes halogenated alkanes) is 2. The van der Waals surface area contributed by atoms with Crippen molar-refractivity contribution in [3.8, 4) is 5.75 Å². The van der Waals surface area contributed by atoms with Gasteiger partial charge in [0.1, 0.15) is 5.75 Å². The smallest absolute Gasteiger partial charge is 0.428 e. The molecule has 2 rings (SSSR count). The Morgan fingerprint density at radius 2 is 1.88 bits per heavy atom. The van der Waals surface area contributed by atoms with Gasteiger partial charge in [-0.05, 0) is 25.3 Å². The van der Waals surface area contributed by atoms with Gasteiger partial charge in [-0.2, -0.15) is 17.6 Å². The molecule has 1 aromatic carbocycles. The van der Waals surface area contributed by atoms with Gasteiger partial charge in [0.2, 0.25) is 0 Å². The summed E-state index contributed by atoms with van der Waals surface area (Å²) >= 11 is 0. The fraction of sp³-hybridized carbons (Fsp3) is 0.579. The minimum Gasteiger partial charge on any atom is -0.428 e. The number of piperazine rings is 1. The van der Waals surface area contributed by atoms with Gasteiger partial charge in [-0.25, -0.2) is 0 Å². The SMILES string of the molecule is C=CCCCC[C@@H](c1ccccc1OC(F)(F)C(F)F)N1CCNCC1. The first-order valence-corrected chi connectivity index (χ1v) is 8.95. The van der Waals surface area contributed by atoms with Crippen LogP contribution in [0.2, 0.25) is 0 Å². The van der Waals surface area contributed by atoms with Crippen LogP contribution in [0.3, 0.4) is 0 Å². The molecule has 3 nitrogen and oxygen atoms in total. The molecule has 26 heavy (non-hydrogen) atoms. The van der Waals surface area contributed by atoms with Crippen molar-refractivity contribution in [2.75, 3.05) is 26.2 Å². The molecule has 1 aliphatic heterocycles. The summed E-state index contributed by atoms with van der Waals surface area (Å²) in [5.41, 5.74) is 0.535. The first-order valence-electron chi connectivity index (χ1n) is 8.95. The van der Waals surface area contributed by atoms with Crippen LogP contribution >= 0.6 is 0 Å². The van der Waals surface area contributed by atoms with Crippen LogP contribution in [0.15, 0.2) is 36.9 Å². The summed E-state index contributed by atoms with van der Waals surface area (Å²) in [6, 6.07) is 6.13. The molecule has 1 aliphatic rings. The number of ether oxygens (including phenoxy) is 1. The van der Waals surface area contributed by atoms with Gasteiger partial charge < -0.3 is 10.1 Å². The third-order valence-corrected chi connectivity index (χ3v) is 4.51. The second kappa shape index (κ2) is 9.92. The Bertz CT molecular complexity index is 562. The predicted octanol–water partition coefficient (Wildman–Crippen LogP) is 4.62. The van der Waals surface area contributed by atoms with Crippen molar-refractivity contribution in [2.45, 2.75) is 44.3 Å². The van der Waals surface area contributed by atoms with Crippen molar-refractivity contribution < 1.29 is 22.3 Å². The summed E-state index contributed by atoms with van der Waals surface area (Å²) < 4.78 is 56.5. The van der Waals surface area contributed by atoms with Crippen molar-refractivity contribution in [3.63, 3.8) is 0 Å². The monoisotopic (exact) mass is 374 g/mol. The Morgan fingerprint density at radius 1 is 1.19 bits per heavy atom. The third kappa shape index (κ3) is 5.71. The molecule has 1 N–H and O–H groups in total. The van der Waals surface area contributed by atoms with Crippen LogP contribution in [0.1, 0.15) is 37.3 Å². The Labute approximate surface area is 152 Å². The fourth-order valence-electron chi connectivity index (χ4n) is 3.19. The summed E-state index contributed by atoms with van der Waals surface area (Å²) in [5.74, 6) is -0.176. The lowest BCUT2D eigenvalue weighted by molar-refractivity contribution is -0.253. The van der Waals surface area contributed by atoms with Gasteiger partial charge in [-0.1, -0.05) is 30.7 Å². The van der Waals surface area contributed by atoms with Gasteiger partial charge in [-0.3, -0.25) is 4.90 Å². The van der Waals surface area contributed by atoms with Crippen molar-refractivity contribution in [3.05, 3.63) is 42.5 Å². The number of rotatable bonds is 10. The lowest BCUT2D eigenvalue weighted by Crippen LogP contribution is -2.45. The molecule has 0 spiro atoms. The topological polar surface area (TPSA) is 24.5 Å². The molecule has 1 atom stereocenters. The lowest BCUT2D eigenvalue weighted by Gasteiger charge is -2.36. The van der Waals surface area contributed by atoms with Gasteiger partial charge in [0.25, 0.3) is 0 Å². The highest BCUT2D eigenvalue weighted by molar-refractivity contribution is 5.36. The van der Waals surface area contributed by atoms with E-state index in [1.165, 1.54) is 12.1 Å². The summed E-state index contributed by atoms with van der Waals surface area (Å²) in [6.45, 7) is 6.85. The zero-order valence-electron chi connectivity index (χ0n) is 14.8. The quantitative estimate of drug-likeness (QED) is 0.368. The number of nitrogens with one attached hydrogen (secondary N) is 1. The van der Waals surface area contributed by atoms with Crippen molar-refractivity contribution in [1.82, 2.24) is 10.2 Å². The van der Waals surface area contributed by atoms with Gasteiger partial charge in [-0.15, -0.1) is 6.58 Å². The molecule has 1 fully saturated rings. The maximum absolute atomic E-state index is 13.5. The van der Waals surface area contributed by atoms with E-state index in [1.807, 2.05) is 6.08 Å². The molecular weight excluding hydrogens is 348 g/mol. The molecule has 0 aromatic heterocycles. The molecule has 146 valence electrons. The molecule has 0 saturated carbocycles. The Balaban J connectivity index is 2.23. The second-order valence-electron chi connectivity index (χ2n) is 6.38. The molecule has 0 amide bonds. The Hall–Kier alpha value is -1.60. The van der Waals surface area contributed by atoms with Crippen molar-refractivity contribution >= 4 is 0 Å². The summed E-state index contributed by atoms with van der Waals surface area (Å²) in [6.07, 6.45) is -3.07. The van der Waals surface area contributed by atoms with Crippen LogP contribution in [0, 0.1) is 0 Å². The van der Waals surface area contributed by atoms with Crippen LogP contribution in [-0.4, -0.2) is 43.6 Å². The van der Waals surface area contributed by atoms with Gasteiger partial charge in [0.15, 0.2) is 0 Å². The van der Waals surface area contributed by atoms with E-state index in [0.29, 0.717) is 5.56 Å². The fourth-order valence-corrected chi connectivity index (χ4v) is 3.19. The normalized spacial score (nSPS) is 17.3. The van der Waals surface area contributed by atoms with E-state index in [2.05, 4.69) is 21.5 Å². The van der Waals surface area contributed by atoms with E-state index in [4.69, 9.17) is 0 Å². The average Bonchev–Trinajstić information content (AvgIpc) is 2.63. The summed E-state index contributed by atoms with van der Waals surface area (Å²) in [4.78, 5) is 2.20. The minimum atomic E-state index is -4.51. The zero-order chi connectivity index (χ0) is 19.0. The standard InChI is InChI=1S/C19H26F4N2O/c1-2-3-4-5-9-16(25-13-11-24-12-14-25)15-8-6-7-10-17(15)26-19(22,23)18(20)21/h2,6-8,10,16,18,24H,1,3-5,9,11-14H2/t16-/m0/s1. The highest BCUT2D eigenvalue weighted by atomic mass is 19.3. The van der Waals surface area contributed by atoms with Gasteiger partial charge in [0, 0.05) is 37.8 Å². The second-order valence-corrected chi connectivity index (χ2v) is 6.38. The number of nitrogens with zero attached hydrogens (tertiary/aromatic N) is 1. The van der Waals surface area contributed by atoms with Crippen LogP contribution in [0.5, 0.6) is 5.75 Å². The molecule has 0 unspecified atom stereocenters. The average molecular weight is 374 g/mol. The number of benzene rings is 1. The van der Waals surface area contributed by atoms with Crippen LogP contribution in [-0.2, 0) is 0 Å². The van der Waals surface area contributed by atoms with Crippen molar-refractivity contribution in [1.29, 1.82) is 0 Å². The van der Waals surface area contributed by atoms with E-state index < -0.39 is 12.5 Å². The van der Waals surface area contributed by atoms with Crippen LogP contribution in [0.4, 0.5) is 17.6 Å². The largest absolute Gasteiger partial charge is 0.461 e. The minimum absolute atomic E-state index is 0.147. The zero-order valence-corrected chi connectivity index (χ0v) is 14.8. The van der Waals surface area contributed by atoms with Crippen molar-refractivity contribution in [2.24, 2.45) is 0 Å². The van der Waals surface area contributed by atoms with Crippen LogP contribution < -0.4 is 10.1 Å². The first-order chi connectivity index (χ1) is 12.5. The molecule has 1 aromatic rings. The molecule has 0 radical (unpaired) electrons. The van der Waals surface area contributed by atoms with Gasteiger partial charge in [0.05, 0.1) is 0 Å². The number of alkyl halides is 4. The first kappa shape index (κ1) is 20.7. The number of hydrogen-bond acceptors (Lipinski definition) is 3. The molecule has 1 heterocycles. The van der Waals surface area contributed by atoms with Gasteiger partial charge >= 0.3 is 12.5 Å². The van der Waals surface area contributed by atoms with E-state index in [1.54, 1.807) is 12.1 Å². The molecule has 0 aliphatic carbocycles. The van der Waals surface area contributed by atoms with E-state index in [9.17, 15) is 17.6 Å². The number of allylic oxidation sites excluding steroid dienone is 1. The maximum Gasteiger partial charge on any atom is 0.461 e. The highest BCUT2D eigenvalue weighted by Gasteiger charge is 2.44. The highest BCUT2D eigenvalue weighted by Crippen LogP contribution is 2.37. The third-order valence-electron chi connectivity index (χ3n) is 4.51. The predicted molar refractivity (Wildman–Crippen MR) is 93.9 cm³/mol. The maximum atomic E-state index is 13.5. The van der Waals surface area contributed by atoms with E-state index >= 15 is 0 Å². The van der Waals surface area contributed by atoms with E-state index in [0.717, 1.165) is 51.9 Å². The van der Waals surface area contributed by atoms with Crippen LogP contribution in [0.25, 0.3) is 0 Å². The van der Waals surface area contributed by atoms with E-state index in [-0.39, 0.29) is 11.8 Å². The number of hydrogen-bond donors (Lipinski definition) is 1. The summed E-state index contributed by atoms with van der Waals surface area (Å²) in [5, 5.41) is 3.26. The Kier molecular flexibility index (Phi) is 7.90. The molecule has 1 saturated heterocycles. The molecule has 0 bridgehead atoms. The Morgan fingerprint density at radius 3 is 2.54 bits per heavy atom. The number of para-hydroxylation sites is 1. The number of halogens is 4.